The molecule has 1 amide bonds. The highest BCUT2D eigenvalue weighted by Crippen LogP contribution is 2.18. The van der Waals surface area contributed by atoms with Gasteiger partial charge in [-0.1, -0.05) is 17.3 Å². The Morgan fingerprint density at radius 1 is 1.28 bits per heavy atom. The van der Waals surface area contributed by atoms with Gasteiger partial charge in [0.25, 0.3) is 0 Å². The molecule has 0 fully saturated rings. The van der Waals surface area contributed by atoms with Crippen molar-refractivity contribution in [2.45, 2.75) is 46.3 Å². The van der Waals surface area contributed by atoms with Crippen LogP contribution in [0.25, 0.3) is 0 Å². The molecule has 2 aromatic rings. The van der Waals surface area contributed by atoms with E-state index in [1.807, 2.05) is 52.0 Å². The second-order valence-corrected chi connectivity index (χ2v) is 6.55. The van der Waals surface area contributed by atoms with E-state index in [1.54, 1.807) is 0 Å². The van der Waals surface area contributed by atoms with Crippen LogP contribution in [0.1, 0.15) is 36.4 Å². The molecule has 6 nitrogen and oxygen atoms in total. The summed E-state index contributed by atoms with van der Waals surface area (Å²) >= 11 is 0. The van der Waals surface area contributed by atoms with Crippen LogP contribution in [-0.4, -0.2) is 23.1 Å². The number of aryl methyl sites for hydroxylation is 2. The van der Waals surface area contributed by atoms with Crippen molar-refractivity contribution in [1.82, 2.24) is 10.5 Å². The molecule has 138 valence electrons. The van der Waals surface area contributed by atoms with Gasteiger partial charge in [-0.05, 0) is 45.4 Å². The molecule has 0 radical (unpaired) electrons. The number of halogens is 1. The number of rotatable bonds is 7. The van der Waals surface area contributed by atoms with Crippen molar-refractivity contribution < 1.29 is 14.1 Å². The molecule has 1 aromatic heterocycles. The number of ether oxygens (including phenoxy) is 1. The lowest BCUT2D eigenvalue weighted by atomic mass is 10.0. The number of amides is 1. The first kappa shape index (κ1) is 21.0. The summed E-state index contributed by atoms with van der Waals surface area (Å²) in [5, 5.41) is 6.82. The Bertz CT molecular complexity index is 677. The van der Waals surface area contributed by atoms with E-state index < -0.39 is 5.54 Å². The van der Waals surface area contributed by atoms with Gasteiger partial charge in [0.1, 0.15) is 18.1 Å². The molecule has 0 aliphatic heterocycles. The molecule has 3 N–H and O–H groups in total. The molecular formula is C18H26ClN3O3. The molecule has 0 saturated carbocycles. The third-order valence-electron chi connectivity index (χ3n) is 3.84. The minimum absolute atomic E-state index is 0. The smallest absolute Gasteiger partial charge is 0.224 e. The lowest BCUT2D eigenvalue weighted by molar-refractivity contribution is -0.121. The van der Waals surface area contributed by atoms with Gasteiger partial charge in [0.05, 0.1) is 17.7 Å². The molecule has 1 aromatic carbocycles. The summed E-state index contributed by atoms with van der Waals surface area (Å²) in [6.45, 7) is 8.36. The summed E-state index contributed by atoms with van der Waals surface area (Å²) in [7, 11) is 0. The fraction of sp³-hybridized carbons (Fsp3) is 0.444. The SMILES string of the molecule is Cc1noc(C)c1COc1ccc(CC(=O)NC(C)(C)CN)cc1.Cl. The third-order valence-corrected chi connectivity index (χ3v) is 3.84. The van der Waals surface area contributed by atoms with Crippen molar-refractivity contribution in [3.8, 4) is 5.75 Å². The van der Waals surface area contributed by atoms with Crippen LogP contribution in [0.2, 0.25) is 0 Å². The minimum Gasteiger partial charge on any atom is -0.489 e. The second-order valence-electron chi connectivity index (χ2n) is 6.55. The molecule has 7 heteroatoms. The third kappa shape index (κ3) is 6.07. The maximum absolute atomic E-state index is 12.0. The Kier molecular flexibility index (Phi) is 7.45. The molecule has 0 aliphatic carbocycles. The van der Waals surface area contributed by atoms with Crippen LogP contribution in [-0.2, 0) is 17.8 Å². The maximum Gasteiger partial charge on any atom is 0.224 e. The fourth-order valence-corrected chi connectivity index (χ4v) is 2.23. The molecular weight excluding hydrogens is 342 g/mol. The molecule has 0 atom stereocenters. The fourth-order valence-electron chi connectivity index (χ4n) is 2.23. The predicted octanol–water partition coefficient (Wildman–Crippen LogP) is 2.69. The number of nitrogens with two attached hydrogens (primary N) is 1. The number of nitrogens with one attached hydrogen (secondary N) is 1. The molecule has 0 spiro atoms. The standard InChI is InChI=1S/C18H25N3O3.ClH/c1-12-16(13(2)24-21-12)10-23-15-7-5-14(6-8-15)9-17(22)20-18(3,4)11-19;/h5-8H,9-11,19H2,1-4H3,(H,20,22);1H. The van der Waals surface area contributed by atoms with Gasteiger partial charge in [0.15, 0.2) is 0 Å². The van der Waals surface area contributed by atoms with Crippen molar-refractivity contribution >= 4 is 18.3 Å². The van der Waals surface area contributed by atoms with Crippen LogP contribution in [0.5, 0.6) is 5.75 Å². The Morgan fingerprint density at radius 2 is 1.92 bits per heavy atom. The first-order valence-corrected chi connectivity index (χ1v) is 7.95. The summed E-state index contributed by atoms with van der Waals surface area (Å²) in [5.41, 5.74) is 7.94. The van der Waals surface area contributed by atoms with Crippen LogP contribution >= 0.6 is 12.4 Å². The Labute approximate surface area is 154 Å². The highest BCUT2D eigenvalue weighted by Gasteiger charge is 2.18. The van der Waals surface area contributed by atoms with Gasteiger partial charge in [-0.15, -0.1) is 12.4 Å². The summed E-state index contributed by atoms with van der Waals surface area (Å²) < 4.78 is 10.9. The number of hydrogen-bond acceptors (Lipinski definition) is 5. The summed E-state index contributed by atoms with van der Waals surface area (Å²) in [6.07, 6.45) is 0.313. The summed E-state index contributed by atoms with van der Waals surface area (Å²) in [6, 6.07) is 7.49. The summed E-state index contributed by atoms with van der Waals surface area (Å²) in [5.74, 6) is 1.46. The van der Waals surface area contributed by atoms with Crippen molar-refractivity contribution in [3.05, 3.63) is 46.8 Å². The van der Waals surface area contributed by atoms with Gasteiger partial charge in [0.2, 0.25) is 5.91 Å². The van der Waals surface area contributed by atoms with E-state index in [0.29, 0.717) is 19.6 Å². The van der Waals surface area contributed by atoms with Crippen molar-refractivity contribution in [2.24, 2.45) is 5.73 Å². The first-order valence-electron chi connectivity index (χ1n) is 7.95. The van der Waals surface area contributed by atoms with Crippen LogP contribution in [0, 0.1) is 13.8 Å². The van der Waals surface area contributed by atoms with E-state index in [2.05, 4.69) is 10.5 Å². The zero-order chi connectivity index (χ0) is 17.7. The zero-order valence-electron chi connectivity index (χ0n) is 15.1. The Hall–Kier alpha value is -2.05. The quantitative estimate of drug-likeness (QED) is 0.785. The molecule has 0 unspecified atom stereocenters. The van der Waals surface area contributed by atoms with E-state index in [-0.39, 0.29) is 18.3 Å². The van der Waals surface area contributed by atoms with Crippen LogP contribution in [0.3, 0.4) is 0 Å². The lowest BCUT2D eigenvalue weighted by Gasteiger charge is -2.24. The first-order chi connectivity index (χ1) is 11.3. The van der Waals surface area contributed by atoms with Gasteiger partial charge >= 0.3 is 0 Å². The van der Waals surface area contributed by atoms with Crippen molar-refractivity contribution in [2.75, 3.05) is 6.54 Å². The van der Waals surface area contributed by atoms with E-state index in [9.17, 15) is 4.79 Å². The maximum atomic E-state index is 12.0. The van der Waals surface area contributed by atoms with Gasteiger partial charge in [-0.2, -0.15) is 0 Å². The summed E-state index contributed by atoms with van der Waals surface area (Å²) in [4.78, 5) is 12.0. The van der Waals surface area contributed by atoms with Gasteiger partial charge in [-0.3, -0.25) is 4.79 Å². The van der Waals surface area contributed by atoms with Crippen LogP contribution in [0.15, 0.2) is 28.8 Å². The zero-order valence-corrected chi connectivity index (χ0v) is 15.9. The van der Waals surface area contributed by atoms with Crippen molar-refractivity contribution in [1.29, 1.82) is 0 Å². The second kappa shape index (κ2) is 8.87. The van der Waals surface area contributed by atoms with Gasteiger partial charge in [0, 0.05) is 12.1 Å². The topological polar surface area (TPSA) is 90.4 Å². The molecule has 0 saturated heterocycles. The van der Waals surface area contributed by atoms with Gasteiger partial charge < -0.3 is 20.3 Å². The molecule has 0 aliphatic rings. The number of carbonyl (C=O) groups is 1. The predicted molar refractivity (Wildman–Crippen MR) is 99.0 cm³/mol. The normalized spacial score (nSPS) is 10.9. The van der Waals surface area contributed by atoms with Crippen molar-refractivity contribution in [3.63, 3.8) is 0 Å². The van der Waals surface area contributed by atoms with E-state index >= 15 is 0 Å². The van der Waals surface area contributed by atoms with Crippen LogP contribution in [0.4, 0.5) is 0 Å². The number of aromatic nitrogens is 1. The number of benzene rings is 1. The van der Waals surface area contributed by atoms with E-state index in [4.69, 9.17) is 15.0 Å². The van der Waals surface area contributed by atoms with E-state index in [0.717, 1.165) is 28.3 Å². The molecule has 2 rings (SSSR count). The number of hydrogen-bond donors (Lipinski definition) is 2. The number of nitrogens with zero attached hydrogens (tertiary/aromatic N) is 1. The largest absolute Gasteiger partial charge is 0.489 e. The molecule has 25 heavy (non-hydrogen) atoms. The average Bonchev–Trinajstić information content (AvgIpc) is 2.85. The molecule has 1 heterocycles. The highest BCUT2D eigenvalue weighted by molar-refractivity contribution is 5.85. The Balaban J connectivity index is 0.00000312. The highest BCUT2D eigenvalue weighted by atomic mass is 35.5. The Morgan fingerprint density at radius 3 is 2.44 bits per heavy atom. The average molecular weight is 368 g/mol. The monoisotopic (exact) mass is 367 g/mol. The van der Waals surface area contributed by atoms with Gasteiger partial charge in [-0.25, -0.2) is 0 Å². The molecule has 0 bridgehead atoms. The lowest BCUT2D eigenvalue weighted by Crippen LogP contribution is -2.49. The van der Waals surface area contributed by atoms with Crippen LogP contribution < -0.4 is 15.8 Å². The van der Waals surface area contributed by atoms with E-state index in [1.165, 1.54) is 0 Å². The minimum atomic E-state index is -0.394. The number of carbonyl (C=O) groups excluding carboxylic acids is 1.